The third-order valence-electron chi connectivity index (χ3n) is 5.53. The number of guanidine groups is 1. The summed E-state index contributed by atoms with van der Waals surface area (Å²) in [5.74, 6) is 1.92. The molecular formula is C25H34N4O2. The third kappa shape index (κ3) is 6.74. The van der Waals surface area contributed by atoms with E-state index in [1.165, 1.54) is 16.7 Å². The number of rotatable bonds is 9. The molecule has 0 fully saturated rings. The number of hydrogen-bond donors (Lipinski definition) is 2. The van der Waals surface area contributed by atoms with E-state index in [-0.39, 0.29) is 5.91 Å². The van der Waals surface area contributed by atoms with Gasteiger partial charge in [-0.3, -0.25) is 9.79 Å². The Morgan fingerprint density at radius 3 is 2.68 bits per heavy atom. The Labute approximate surface area is 185 Å². The molecule has 6 nitrogen and oxygen atoms in total. The normalized spacial score (nSPS) is 13.5. The van der Waals surface area contributed by atoms with E-state index in [0.29, 0.717) is 13.0 Å². The highest BCUT2D eigenvalue weighted by atomic mass is 16.5. The van der Waals surface area contributed by atoms with Gasteiger partial charge in [0.05, 0.1) is 7.11 Å². The molecule has 0 unspecified atom stereocenters. The second-order valence-electron chi connectivity index (χ2n) is 7.69. The monoisotopic (exact) mass is 422 g/mol. The van der Waals surface area contributed by atoms with Gasteiger partial charge in [0.25, 0.3) is 0 Å². The predicted octanol–water partition coefficient (Wildman–Crippen LogP) is 3.16. The summed E-state index contributed by atoms with van der Waals surface area (Å²) >= 11 is 0. The summed E-state index contributed by atoms with van der Waals surface area (Å²) in [6.45, 7) is 5.78. The van der Waals surface area contributed by atoms with Crippen LogP contribution in [0.25, 0.3) is 0 Å². The van der Waals surface area contributed by atoms with Gasteiger partial charge in [0.15, 0.2) is 5.96 Å². The molecule has 1 heterocycles. The molecule has 0 atom stereocenters. The topological polar surface area (TPSA) is 66.0 Å². The van der Waals surface area contributed by atoms with Crippen LogP contribution in [0, 0.1) is 0 Å². The number of benzene rings is 2. The summed E-state index contributed by atoms with van der Waals surface area (Å²) in [7, 11) is 1.70. The molecule has 2 N–H and O–H groups in total. The SMILES string of the molecule is CCNC(=NCCCC(=O)N1CCc2ccccc2C1)NCCc1ccccc1OC. The fraction of sp³-hybridized carbons (Fsp3) is 0.440. The zero-order valence-corrected chi connectivity index (χ0v) is 18.7. The number of fused-ring (bicyclic) bond motifs is 1. The Morgan fingerprint density at radius 1 is 1.10 bits per heavy atom. The van der Waals surface area contributed by atoms with E-state index in [1.54, 1.807) is 7.11 Å². The van der Waals surface area contributed by atoms with Crippen molar-refractivity contribution < 1.29 is 9.53 Å². The minimum Gasteiger partial charge on any atom is -0.496 e. The van der Waals surface area contributed by atoms with E-state index in [2.05, 4.69) is 46.8 Å². The molecule has 1 aliphatic heterocycles. The van der Waals surface area contributed by atoms with Gasteiger partial charge < -0.3 is 20.3 Å². The van der Waals surface area contributed by atoms with Crippen LogP contribution in [-0.4, -0.2) is 50.1 Å². The van der Waals surface area contributed by atoms with E-state index < -0.39 is 0 Å². The van der Waals surface area contributed by atoms with Crippen LogP contribution in [0.4, 0.5) is 0 Å². The Morgan fingerprint density at radius 2 is 1.87 bits per heavy atom. The van der Waals surface area contributed by atoms with Crippen molar-refractivity contribution in [2.45, 2.75) is 39.2 Å². The molecule has 0 aromatic heterocycles. The van der Waals surface area contributed by atoms with Gasteiger partial charge in [0, 0.05) is 39.1 Å². The van der Waals surface area contributed by atoms with Crippen molar-refractivity contribution in [2.24, 2.45) is 4.99 Å². The second-order valence-corrected chi connectivity index (χ2v) is 7.69. The summed E-state index contributed by atoms with van der Waals surface area (Å²) in [5, 5.41) is 6.64. The van der Waals surface area contributed by atoms with E-state index in [4.69, 9.17) is 4.74 Å². The lowest BCUT2D eigenvalue weighted by molar-refractivity contribution is -0.132. The molecule has 1 aliphatic rings. The lowest BCUT2D eigenvalue weighted by Gasteiger charge is -2.28. The second kappa shape index (κ2) is 12.0. The van der Waals surface area contributed by atoms with Crippen molar-refractivity contribution in [2.75, 3.05) is 33.3 Å². The third-order valence-corrected chi connectivity index (χ3v) is 5.53. The van der Waals surface area contributed by atoms with Crippen LogP contribution < -0.4 is 15.4 Å². The van der Waals surface area contributed by atoms with E-state index >= 15 is 0 Å². The quantitative estimate of drug-likeness (QED) is 0.370. The number of aliphatic imine (C=N–C) groups is 1. The number of carbonyl (C=O) groups is 1. The van der Waals surface area contributed by atoms with Crippen LogP contribution in [0.3, 0.4) is 0 Å². The molecule has 2 aromatic rings. The van der Waals surface area contributed by atoms with E-state index in [9.17, 15) is 4.79 Å². The zero-order valence-electron chi connectivity index (χ0n) is 18.7. The van der Waals surface area contributed by atoms with Gasteiger partial charge in [0.2, 0.25) is 5.91 Å². The number of methoxy groups -OCH3 is 1. The fourth-order valence-electron chi connectivity index (χ4n) is 3.85. The van der Waals surface area contributed by atoms with E-state index in [1.807, 2.05) is 29.2 Å². The maximum atomic E-state index is 12.6. The Bertz CT molecular complexity index is 881. The van der Waals surface area contributed by atoms with Crippen LogP contribution in [-0.2, 0) is 24.2 Å². The number of hydrogen-bond acceptors (Lipinski definition) is 3. The minimum atomic E-state index is 0.221. The first-order chi connectivity index (χ1) is 15.2. The van der Waals surface area contributed by atoms with Crippen molar-refractivity contribution in [1.29, 1.82) is 0 Å². The number of ether oxygens (including phenoxy) is 1. The Balaban J connectivity index is 1.41. The first-order valence-electron chi connectivity index (χ1n) is 11.2. The zero-order chi connectivity index (χ0) is 21.9. The van der Waals surface area contributed by atoms with Crippen molar-refractivity contribution in [1.82, 2.24) is 15.5 Å². The van der Waals surface area contributed by atoms with Gasteiger partial charge in [0.1, 0.15) is 5.75 Å². The van der Waals surface area contributed by atoms with Gasteiger partial charge in [-0.05, 0) is 48.9 Å². The Kier molecular flexibility index (Phi) is 8.76. The highest BCUT2D eigenvalue weighted by Gasteiger charge is 2.19. The molecule has 0 saturated carbocycles. The molecule has 3 rings (SSSR count). The molecule has 1 amide bonds. The predicted molar refractivity (Wildman–Crippen MR) is 125 cm³/mol. The fourth-order valence-corrected chi connectivity index (χ4v) is 3.85. The van der Waals surface area contributed by atoms with Gasteiger partial charge in [-0.25, -0.2) is 0 Å². The average Bonchev–Trinajstić information content (AvgIpc) is 2.81. The number of nitrogens with one attached hydrogen (secondary N) is 2. The van der Waals surface area contributed by atoms with Crippen LogP contribution >= 0.6 is 0 Å². The molecule has 0 bridgehead atoms. The van der Waals surface area contributed by atoms with Gasteiger partial charge in [-0.1, -0.05) is 42.5 Å². The number of amides is 1. The Hall–Kier alpha value is -3.02. The highest BCUT2D eigenvalue weighted by Crippen LogP contribution is 2.19. The van der Waals surface area contributed by atoms with E-state index in [0.717, 1.165) is 57.2 Å². The van der Waals surface area contributed by atoms with Crippen molar-refractivity contribution in [3.8, 4) is 5.75 Å². The molecule has 0 spiro atoms. The van der Waals surface area contributed by atoms with Gasteiger partial charge in [-0.15, -0.1) is 0 Å². The molecule has 0 saturated heterocycles. The lowest BCUT2D eigenvalue weighted by atomic mass is 9.99. The molecular weight excluding hydrogens is 388 g/mol. The van der Waals surface area contributed by atoms with Gasteiger partial charge in [-0.2, -0.15) is 0 Å². The smallest absolute Gasteiger partial charge is 0.222 e. The molecule has 31 heavy (non-hydrogen) atoms. The minimum absolute atomic E-state index is 0.221. The molecule has 0 radical (unpaired) electrons. The first kappa shape index (κ1) is 22.7. The van der Waals surface area contributed by atoms with Crippen LogP contribution in [0.2, 0.25) is 0 Å². The standard InChI is InChI=1S/C25H34N4O2/c1-3-26-25(28-17-14-21-10-6-7-12-23(21)31-2)27-16-8-13-24(30)29-18-15-20-9-4-5-11-22(20)19-29/h4-7,9-12H,3,8,13-19H2,1-2H3,(H2,26,27,28). The number of para-hydroxylation sites is 1. The van der Waals surface area contributed by atoms with Gasteiger partial charge >= 0.3 is 0 Å². The summed E-state index contributed by atoms with van der Waals surface area (Å²) < 4.78 is 5.41. The number of nitrogens with zero attached hydrogens (tertiary/aromatic N) is 2. The molecule has 0 aliphatic carbocycles. The van der Waals surface area contributed by atoms with Crippen molar-refractivity contribution in [3.63, 3.8) is 0 Å². The van der Waals surface area contributed by atoms with Crippen molar-refractivity contribution in [3.05, 3.63) is 65.2 Å². The maximum Gasteiger partial charge on any atom is 0.222 e. The molecule has 2 aromatic carbocycles. The largest absolute Gasteiger partial charge is 0.496 e. The van der Waals surface area contributed by atoms with Crippen LogP contribution in [0.15, 0.2) is 53.5 Å². The molecule has 166 valence electrons. The molecule has 6 heteroatoms. The first-order valence-corrected chi connectivity index (χ1v) is 11.2. The summed E-state index contributed by atoms with van der Waals surface area (Å²) in [4.78, 5) is 19.2. The maximum absolute atomic E-state index is 12.6. The summed E-state index contributed by atoms with van der Waals surface area (Å²) in [5.41, 5.74) is 3.81. The summed E-state index contributed by atoms with van der Waals surface area (Å²) in [6.07, 6.45) is 3.08. The average molecular weight is 423 g/mol. The van der Waals surface area contributed by atoms with Crippen LogP contribution in [0.1, 0.15) is 36.5 Å². The number of carbonyl (C=O) groups excluding carboxylic acids is 1. The van der Waals surface area contributed by atoms with Crippen molar-refractivity contribution >= 4 is 11.9 Å². The highest BCUT2D eigenvalue weighted by molar-refractivity contribution is 5.80. The summed E-state index contributed by atoms with van der Waals surface area (Å²) in [6, 6.07) is 16.5. The van der Waals surface area contributed by atoms with Crippen LogP contribution in [0.5, 0.6) is 5.75 Å². The lowest BCUT2D eigenvalue weighted by Crippen LogP contribution is -2.38.